The van der Waals surface area contributed by atoms with Crippen LogP contribution < -0.4 is 16.0 Å². The zero-order valence-corrected chi connectivity index (χ0v) is 13.4. The van der Waals surface area contributed by atoms with Crippen LogP contribution in [0.4, 0.5) is 5.69 Å². The molecular formula is C17H23N3O3. The monoisotopic (exact) mass is 317 g/mol. The first-order valence-electron chi connectivity index (χ1n) is 7.75. The van der Waals surface area contributed by atoms with Crippen LogP contribution >= 0.6 is 0 Å². The average molecular weight is 317 g/mol. The van der Waals surface area contributed by atoms with Crippen molar-refractivity contribution in [1.29, 1.82) is 0 Å². The summed E-state index contributed by atoms with van der Waals surface area (Å²) in [6, 6.07) is 7.45. The zero-order chi connectivity index (χ0) is 16.8. The molecule has 6 nitrogen and oxygen atoms in total. The Morgan fingerprint density at radius 1 is 1.30 bits per heavy atom. The van der Waals surface area contributed by atoms with Gasteiger partial charge in [0.25, 0.3) is 0 Å². The van der Waals surface area contributed by atoms with Crippen LogP contribution in [0, 0.1) is 5.92 Å². The van der Waals surface area contributed by atoms with E-state index in [0.717, 1.165) is 18.1 Å². The van der Waals surface area contributed by atoms with Gasteiger partial charge in [0, 0.05) is 24.4 Å². The molecule has 1 heterocycles. The summed E-state index contributed by atoms with van der Waals surface area (Å²) in [5.74, 6) is -1.04. The van der Waals surface area contributed by atoms with Gasteiger partial charge in [-0.1, -0.05) is 12.1 Å². The topological polar surface area (TPSA) is 90.5 Å². The van der Waals surface area contributed by atoms with Crippen LogP contribution in [-0.4, -0.2) is 35.7 Å². The molecule has 1 aliphatic heterocycles. The first kappa shape index (κ1) is 17.2. The largest absolute Gasteiger partial charge is 0.478 e. The van der Waals surface area contributed by atoms with Crippen molar-refractivity contribution in [3.05, 3.63) is 35.9 Å². The van der Waals surface area contributed by atoms with Crippen molar-refractivity contribution < 1.29 is 14.7 Å². The number of anilines is 1. The Bertz CT molecular complexity index is 581. The number of rotatable bonds is 6. The Hall–Kier alpha value is -2.18. The van der Waals surface area contributed by atoms with Crippen LogP contribution in [0.25, 0.3) is 6.08 Å². The molecule has 23 heavy (non-hydrogen) atoms. The van der Waals surface area contributed by atoms with Gasteiger partial charge in [-0.05, 0) is 44.0 Å². The molecule has 1 amide bonds. The average Bonchev–Trinajstić information content (AvgIpc) is 2.94. The zero-order valence-electron chi connectivity index (χ0n) is 13.4. The quantitative estimate of drug-likeness (QED) is 0.599. The molecule has 0 aromatic heterocycles. The van der Waals surface area contributed by atoms with Crippen LogP contribution in [0.5, 0.6) is 0 Å². The van der Waals surface area contributed by atoms with Gasteiger partial charge in [0.15, 0.2) is 0 Å². The third-order valence-corrected chi connectivity index (χ3v) is 3.63. The van der Waals surface area contributed by atoms with E-state index in [0.29, 0.717) is 18.3 Å². The maximum absolute atomic E-state index is 12.3. The van der Waals surface area contributed by atoms with Gasteiger partial charge < -0.3 is 15.7 Å². The smallest absolute Gasteiger partial charge is 0.328 e. The number of amides is 1. The second kappa shape index (κ2) is 7.89. The highest BCUT2D eigenvalue weighted by atomic mass is 16.4. The molecule has 0 radical (unpaired) electrons. The summed E-state index contributed by atoms with van der Waals surface area (Å²) in [6.07, 6.45) is 3.54. The van der Waals surface area contributed by atoms with Gasteiger partial charge in [-0.2, -0.15) is 0 Å². The molecule has 2 unspecified atom stereocenters. The van der Waals surface area contributed by atoms with Gasteiger partial charge >= 0.3 is 5.97 Å². The van der Waals surface area contributed by atoms with E-state index >= 15 is 0 Å². The van der Waals surface area contributed by atoms with Gasteiger partial charge in [-0.3, -0.25) is 10.1 Å². The van der Waals surface area contributed by atoms with Crippen molar-refractivity contribution >= 4 is 23.6 Å². The Kier molecular flexibility index (Phi) is 5.90. The van der Waals surface area contributed by atoms with E-state index in [1.54, 1.807) is 24.3 Å². The lowest BCUT2D eigenvalue weighted by Gasteiger charge is -2.16. The van der Waals surface area contributed by atoms with Gasteiger partial charge in [0.05, 0.1) is 12.1 Å². The summed E-state index contributed by atoms with van der Waals surface area (Å²) in [6.45, 7) is 4.82. The summed E-state index contributed by atoms with van der Waals surface area (Å²) < 4.78 is 0. The van der Waals surface area contributed by atoms with E-state index in [4.69, 9.17) is 5.11 Å². The lowest BCUT2D eigenvalue weighted by molar-refractivity contribution is -0.131. The van der Waals surface area contributed by atoms with Crippen molar-refractivity contribution in [2.75, 3.05) is 11.9 Å². The normalized spacial score (nSPS) is 21.0. The molecule has 1 aromatic rings. The van der Waals surface area contributed by atoms with E-state index in [9.17, 15) is 9.59 Å². The Labute approximate surface area is 136 Å². The van der Waals surface area contributed by atoms with Crippen molar-refractivity contribution in [3.8, 4) is 0 Å². The highest BCUT2D eigenvalue weighted by Crippen LogP contribution is 2.17. The molecule has 0 saturated carbocycles. The van der Waals surface area contributed by atoms with E-state index in [-0.39, 0.29) is 18.0 Å². The number of hydrogen-bond acceptors (Lipinski definition) is 4. The molecule has 4 N–H and O–H groups in total. The van der Waals surface area contributed by atoms with Crippen molar-refractivity contribution in [1.82, 2.24) is 10.6 Å². The maximum atomic E-state index is 12.3. The number of carboxylic acids is 1. The molecule has 1 aromatic carbocycles. The standard InChI is InChI=1S/C17H23N3O3/c1-11(2)19-15-9-13(10-18-15)17(23)20-14-6-3-12(4-7-14)5-8-16(21)22/h3-8,11,13,15,18-19H,9-10H2,1-2H3,(H,20,23)(H,21,22)/b8-5+. The van der Waals surface area contributed by atoms with E-state index in [1.165, 1.54) is 6.08 Å². The van der Waals surface area contributed by atoms with Crippen LogP contribution in [-0.2, 0) is 9.59 Å². The maximum Gasteiger partial charge on any atom is 0.328 e. The minimum atomic E-state index is -0.985. The van der Waals surface area contributed by atoms with Crippen LogP contribution in [0.3, 0.4) is 0 Å². The number of nitrogens with one attached hydrogen (secondary N) is 3. The van der Waals surface area contributed by atoms with E-state index < -0.39 is 5.97 Å². The number of carbonyl (C=O) groups excluding carboxylic acids is 1. The third kappa shape index (κ3) is 5.50. The highest BCUT2D eigenvalue weighted by Gasteiger charge is 2.29. The summed E-state index contributed by atoms with van der Waals surface area (Å²) in [4.78, 5) is 22.7. The summed E-state index contributed by atoms with van der Waals surface area (Å²) in [5.41, 5.74) is 1.48. The lowest BCUT2D eigenvalue weighted by atomic mass is 10.1. The minimum Gasteiger partial charge on any atom is -0.478 e. The van der Waals surface area contributed by atoms with Crippen LogP contribution in [0.15, 0.2) is 30.3 Å². The Morgan fingerprint density at radius 3 is 2.61 bits per heavy atom. The second-order valence-corrected chi connectivity index (χ2v) is 6.00. The Balaban J connectivity index is 1.87. The van der Waals surface area contributed by atoms with Crippen LogP contribution in [0.2, 0.25) is 0 Å². The number of carbonyl (C=O) groups is 2. The van der Waals surface area contributed by atoms with Gasteiger partial charge in [0.2, 0.25) is 5.91 Å². The fourth-order valence-electron chi connectivity index (χ4n) is 2.55. The summed E-state index contributed by atoms with van der Waals surface area (Å²) in [7, 11) is 0. The minimum absolute atomic E-state index is 0.000570. The van der Waals surface area contributed by atoms with Gasteiger partial charge in [0.1, 0.15) is 0 Å². The molecule has 0 aliphatic carbocycles. The molecule has 124 valence electrons. The van der Waals surface area contributed by atoms with Crippen molar-refractivity contribution in [3.63, 3.8) is 0 Å². The first-order chi connectivity index (χ1) is 10.9. The number of carboxylic acid groups (broad SMARTS) is 1. The summed E-state index contributed by atoms with van der Waals surface area (Å²) >= 11 is 0. The summed E-state index contributed by atoms with van der Waals surface area (Å²) in [5, 5.41) is 18.2. The Morgan fingerprint density at radius 2 is 2.00 bits per heavy atom. The van der Waals surface area contributed by atoms with E-state index in [1.807, 2.05) is 0 Å². The fourth-order valence-corrected chi connectivity index (χ4v) is 2.55. The van der Waals surface area contributed by atoms with Gasteiger partial charge in [-0.15, -0.1) is 0 Å². The number of benzene rings is 1. The molecular weight excluding hydrogens is 294 g/mol. The molecule has 2 rings (SSSR count). The third-order valence-electron chi connectivity index (χ3n) is 3.63. The van der Waals surface area contributed by atoms with Crippen molar-refractivity contribution in [2.24, 2.45) is 5.92 Å². The number of aliphatic carboxylic acids is 1. The fraction of sp³-hybridized carbons (Fsp3) is 0.412. The molecule has 6 heteroatoms. The second-order valence-electron chi connectivity index (χ2n) is 6.00. The van der Waals surface area contributed by atoms with Gasteiger partial charge in [-0.25, -0.2) is 4.79 Å². The first-order valence-corrected chi connectivity index (χ1v) is 7.75. The highest BCUT2D eigenvalue weighted by molar-refractivity contribution is 5.93. The van der Waals surface area contributed by atoms with E-state index in [2.05, 4.69) is 29.8 Å². The van der Waals surface area contributed by atoms with Crippen molar-refractivity contribution in [2.45, 2.75) is 32.5 Å². The van der Waals surface area contributed by atoms with Crippen LogP contribution in [0.1, 0.15) is 25.8 Å². The molecule has 1 aliphatic rings. The number of hydrogen-bond donors (Lipinski definition) is 4. The molecule has 2 atom stereocenters. The predicted molar refractivity (Wildman–Crippen MR) is 89.9 cm³/mol. The lowest BCUT2D eigenvalue weighted by Crippen LogP contribution is -2.41. The molecule has 0 bridgehead atoms. The molecule has 1 fully saturated rings. The SMILES string of the molecule is CC(C)NC1CC(C(=O)Nc2ccc(/C=C/C(=O)O)cc2)CN1. The predicted octanol–water partition coefficient (Wildman–Crippen LogP) is 1.66. The molecule has 1 saturated heterocycles. The molecule has 0 spiro atoms.